The molecule has 2 aliphatic carbocycles. The Kier molecular flexibility index (Phi) is 8.01. The Labute approximate surface area is 207 Å². The summed E-state index contributed by atoms with van der Waals surface area (Å²) in [4.78, 5) is 27.5. The summed E-state index contributed by atoms with van der Waals surface area (Å²) >= 11 is 0. The lowest BCUT2D eigenvalue weighted by Gasteiger charge is -2.32. The van der Waals surface area contributed by atoms with E-state index in [1.54, 1.807) is 13.1 Å². The van der Waals surface area contributed by atoms with Gasteiger partial charge in [-0.25, -0.2) is 9.18 Å². The molecule has 0 saturated heterocycles. The summed E-state index contributed by atoms with van der Waals surface area (Å²) in [5.74, 6) is -0.584. The van der Waals surface area contributed by atoms with Crippen molar-refractivity contribution in [2.24, 2.45) is 0 Å². The zero-order valence-electron chi connectivity index (χ0n) is 21.0. The lowest BCUT2D eigenvalue weighted by molar-refractivity contribution is -0.115. The second kappa shape index (κ2) is 11.2. The average Bonchev–Trinajstić information content (AvgIpc) is 2.87. The van der Waals surface area contributed by atoms with E-state index >= 15 is 0 Å². The fourth-order valence-electron chi connectivity index (χ4n) is 5.41. The molecule has 0 amide bonds. The number of ether oxygens (including phenoxy) is 1. The van der Waals surface area contributed by atoms with Crippen molar-refractivity contribution in [2.45, 2.75) is 64.0 Å². The number of fused-ring (bicyclic) bond motifs is 1. The van der Waals surface area contributed by atoms with Crippen LogP contribution in [-0.2, 0) is 28.9 Å². The smallest absolute Gasteiger partial charge is 0.337 e. The van der Waals surface area contributed by atoms with E-state index in [9.17, 15) is 14.0 Å². The Bertz CT molecular complexity index is 1130. The molecule has 186 valence electrons. The normalized spacial score (nSPS) is 16.1. The molecule has 0 spiro atoms. The molecule has 6 heteroatoms. The average molecular weight is 479 g/mol. The van der Waals surface area contributed by atoms with E-state index in [0.717, 1.165) is 28.8 Å². The maximum atomic E-state index is 14.1. The van der Waals surface area contributed by atoms with Gasteiger partial charge in [0, 0.05) is 31.7 Å². The summed E-state index contributed by atoms with van der Waals surface area (Å²) < 4.78 is 19.0. The highest BCUT2D eigenvalue weighted by atomic mass is 19.1. The Morgan fingerprint density at radius 3 is 2.60 bits per heavy atom. The van der Waals surface area contributed by atoms with Gasteiger partial charge in [-0.1, -0.05) is 25.3 Å². The molecule has 1 saturated carbocycles. The highest BCUT2D eigenvalue weighted by Gasteiger charge is 2.23. The molecule has 0 bridgehead atoms. The van der Waals surface area contributed by atoms with Gasteiger partial charge in [-0.2, -0.15) is 0 Å². The van der Waals surface area contributed by atoms with E-state index in [0.29, 0.717) is 35.7 Å². The number of Topliss-reactive ketones (excluding diaryl/α,β-unsaturated/α-hetero) is 1. The topological polar surface area (TPSA) is 58.6 Å². The molecule has 0 unspecified atom stereocenters. The summed E-state index contributed by atoms with van der Waals surface area (Å²) in [7, 11) is 5.29. The molecule has 0 radical (unpaired) electrons. The third kappa shape index (κ3) is 5.81. The lowest BCUT2D eigenvalue weighted by atomic mass is 9.86. The third-order valence-electron chi connectivity index (χ3n) is 7.45. The number of carbonyl (C=O) groups is 2. The summed E-state index contributed by atoms with van der Waals surface area (Å²) in [6.45, 7) is 0.747. The molecule has 1 N–H and O–H groups in total. The van der Waals surface area contributed by atoms with Gasteiger partial charge < -0.3 is 10.1 Å². The highest BCUT2D eigenvalue weighted by Crippen LogP contribution is 2.31. The molecule has 0 atom stereocenters. The SMILES string of the molecule is CNc1cc(F)cc2c1CC(=O)C(CCc1ccc(C(=O)OC)cc1CN(C)C1CCCCC1)=C2. The van der Waals surface area contributed by atoms with Crippen molar-refractivity contribution >= 4 is 23.5 Å². The number of methoxy groups -OCH3 is 1. The van der Waals surface area contributed by atoms with E-state index in [4.69, 9.17) is 4.74 Å². The van der Waals surface area contributed by atoms with Crippen LogP contribution in [-0.4, -0.2) is 43.9 Å². The first kappa shape index (κ1) is 25.1. The molecular formula is C29H35FN2O3. The fraction of sp³-hybridized carbons (Fsp3) is 0.448. The molecule has 35 heavy (non-hydrogen) atoms. The van der Waals surface area contributed by atoms with Crippen LogP contribution in [0.2, 0.25) is 0 Å². The summed E-state index contributed by atoms with van der Waals surface area (Å²) in [5, 5.41) is 3.00. The van der Waals surface area contributed by atoms with Crippen molar-refractivity contribution in [1.82, 2.24) is 4.90 Å². The van der Waals surface area contributed by atoms with Gasteiger partial charge >= 0.3 is 5.97 Å². The van der Waals surface area contributed by atoms with E-state index in [1.165, 1.54) is 51.3 Å². The number of ketones is 1. The van der Waals surface area contributed by atoms with Gasteiger partial charge in [-0.3, -0.25) is 9.69 Å². The number of hydrogen-bond acceptors (Lipinski definition) is 5. The van der Waals surface area contributed by atoms with Crippen LogP contribution in [0.4, 0.5) is 10.1 Å². The minimum Gasteiger partial charge on any atom is -0.465 e. The Morgan fingerprint density at radius 2 is 1.89 bits per heavy atom. The molecule has 2 aromatic carbocycles. The Balaban J connectivity index is 1.56. The molecular weight excluding hydrogens is 443 g/mol. The monoisotopic (exact) mass is 478 g/mol. The van der Waals surface area contributed by atoms with Crippen molar-refractivity contribution < 1.29 is 18.7 Å². The van der Waals surface area contributed by atoms with Crippen molar-refractivity contribution in [3.63, 3.8) is 0 Å². The number of allylic oxidation sites excluding steroid dienone is 1. The van der Waals surface area contributed by atoms with Gasteiger partial charge in [0.2, 0.25) is 0 Å². The predicted molar refractivity (Wildman–Crippen MR) is 137 cm³/mol. The van der Waals surface area contributed by atoms with Crippen molar-refractivity contribution in [1.29, 1.82) is 0 Å². The lowest BCUT2D eigenvalue weighted by Crippen LogP contribution is -2.33. The molecule has 1 fully saturated rings. The second-order valence-corrected chi connectivity index (χ2v) is 9.72. The van der Waals surface area contributed by atoms with Gasteiger partial charge in [0.1, 0.15) is 5.82 Å². The number of esters is 1. The first-order valence-electron chi connectivity index (χ1n) is 12.5. The maximum absolute atomic E-state index is 14.1. The number of halogens is 1. The van der Waals surface area contributed by atoms with Gasteiger partial charge in [-0.15, -0.1) is 0 Å². The van der Waals surface area contributed by atoms with Crippen LogP contribution in [0.3, 0.4) is 0 Å². The van der Waals surface area contributed by atoms with Crippen LogP contribution < -0.4 is 5.32 Å². The number of nitrogens with zero attached hydrogens (tertiary/aromatic N) is 1. The Morgan fingerprint density at radius 1 is 1.11 bits per heavy atom. The van der Waals surface area contributed by atoms with E-state index in [-0.39, 0.29) is 24.0 Å². The highest BCUT2D eigenvalue weighted by molar-refractivity contribution is 6.04. The largest absolute Gasteiger partial charge is 0.465 e. The first-order chi connectivity index (χ1) is 16.9. The zero-order chi connectivity index (χ0) is 24.9. The van der Waals surface area contributed by atoms with Crippen molar-refractivity contribution in [2.75, 3.05) is 26.5 Å². The molecule has 0 aromatic heterocycles. The van der Waals surface area contributed by atoms with Crippen LogP contribution >= 0.6 is 0 Å². The van der Waals surface area contributed by atoms with Crippen LogP contribution in [0.25, 0.3) is 6.08 Å². The molecule has 5 nitrogen and oxygen atoms in total. The molecule has 4 rings (SSSR count). The number of hydrogen-bond donors (Lipinski definition) is 1. The summed E-state index contributed by atoms with van der Waals surface area (Å²) in [6, 6.07) is 9.19. The van der Waals surface area contributed by atoms with Crippen LogP contribution in [0.5, 0.6) is 0 Å². The Hall–Kier alpha value is -2.99. The molecule has 0 heterocycles. The van der Waals surface area contributed by atoms with E-state index in [2.05, 4.69) is 17.3 Å². The maximum Gasteiger partial charge on any atom is 0.337 e. The third-order valence-corrected chi connectivity index (χ3v) is 7.45. The van der Waals surface area contributed by atoms with E-state index in [1.807, 2.05) is 18.2 Å². The first-order valence-corrected chi connectivity index (χ1v) is 12.5. The number of nitrogens with one attached hydrogen (secondary N) is 1. The summed E-state index contributed by atoms with van der Waals surface area (Å²) in [6.07, 6.45) is 9.59. The number of benzene rings is 2. The van der Waals surface area contributed by atoms with E-state index < -0.39 is 0 Å². The number of aryl methyl sites for hydroxylation is 1. The molecule has 2 aliphatic rings. The summed E-state index contributed by atoms with van der Waals surface area (Å²) in [5.41, 5.74) is 5.75. The fourth-order valence-corrected chi connectivity index (χ4v) is 5.41. The minimum absolute atomic E-state index is 0.0765. The predicted octanol–water partition coefficient (Wildman–Crippen LogP) is 5.56. The molecule has 2 aromatic rings. The zero-order valence-corrected chi connectivity index (χ0v) is 21.0. The van der Waals surface area contributed by atoms with Crippen LogP contribution in [0.1, 0.15) is 71.1 Å². The standard InChI is InChI=1S/C29H35FN2O3/c1-31-27-16-24(30)15-22-13-20(28(33)17-26(22)27)11-9-19-10-12-21(29(34)35-3)14-23(19)18-32(2)25-7-5-4-6-8-25/h10,12-16,25,31H,4-9,11,17-18H2,1-3H3. The quantitative estimate of drug-likeness (QED) is 0.504. The van der Waals surface area contributed by atoms with Crippen molar-refractivity contribution in [3.05, 3.63) is 69.5 Å². The number of anilines is 1. The van der Waals surface area contributed by atoms with Gasteiger partial charge in [0.05, 0.1) is 12.7 Å². The minimum atomic E-state index is -0.345. The number of carbonyl (C=O) groups excluding carboxylic acids is 2. The van der Waals surface area contributed by atoms with Crippen LogP contribution in [0.15, 0.2) is 35.9 Å². The van der Waals surface area contributed by atoms with Crippen LogP contribution in [0, 0.1) is 5.82 Å². The number of rotatable bonds is 8. The second-order valence-electron chi connectivity index (χ2n) is 9.72. The van der Waals surface area contributed by atoms with Crippen molar-refractivity contribution in [3.8, 4) is 0 Å². The van der Waals surface area contributed by atoms with Gasteiger partial charge in [-0.05, 0) is 90.9 Å². The molecule has 0 aliphatic heterocycles. The van der Waals surface area contributed by atoms with Gasteiger partial charge in [0.15, 0.2) is 5.78 Å². The van der Waals surface area contributed by atoms with Gasteiger partial charge in [0.25, 0.3) is 0 Å².